The number of piperidine rings is 1. The van der Waals surface area contributed by atoms with Crippen molar-refractivity contribution in [1.29, 1.82) is 0 Å². The summed E-state index contributed by atoms with van der Waals surface area (Å²) in [6.45, 7) is 3.57. The molecule has 0 spiro atoms. The third kappa shape index (κ3) is 4.07. The molecule has 1 aliphatic heterocycles. The number of aromatic hydroxyl groups is 1. The van der Waals surface area contributed by atoms with Gasteiger partial charge < -0.3 is 10.0 Å². The van der Waals surface area contributed by atoms with Crippen molar-refractivity contribution in [3.8, 4) is 5.75 Å². The summed E-state index contributed by atoms with van der Waals surface area (Å²) in [6, 6.07) is 9.02. The van der Waals surface area contributed by atoms with E-state index in [0.29, 0.717) is 11.7 Å². The highest BCUT2D eigenvalue weighted by Crippen LogP contribution is 2.27. The van der Waals surface area contributed by atoms with Crippen molar-refractivity contribution in [3.63, 3.8) is 0 Å². The molecule has 1 fully saturated rings. The molecule has 23 heavy (non-hydrogen) atoms. The molecule has 0 saturated carbocycles. The Morgan fingerprint density at radius 2 is 2.22 bits per heavy atom. The fraction of sp³-hybridized carbons (Fsp3) is 0.412. The molecule has 5 nitrogen and oxygen atoms in total. The van der Waals surface area contributed by atoms with Crippen LogP contribution in [0.2, 0.25) is 0 Å². The zero-order valence-electron chi connectivity index (χ0n) is 13.2. The van der Waals surface area contributed by atoms with Gasteiger partial charge in [-0.05, 0) is 50.1 Å². The molecule has 1 amide bonds. The standard InChI is InChI=1S/C17H21N3O2S/c1-12-9-16(19-18-12)13-3-2-8-20(10-13)17(22)11-23-15-6-4-14(21)5-7-15/h4-7,9,13,21H,2-3,8,10-11H2,1H3,(H,18,19)/t13-/m1/s1. The van der Waals surface area contributed by atoms with Gasteiger partial charge in [0.15, 0.2) is 0 Å². The number of aromatic nitrogens is 2. The van der Waals surface area contributed by atoms with Crippen molar-refractivity contribution < 1.29 is 9.90 Å². The van der Waals surface area contributed by atoms with Crippen molar-refractivity contribution in [3.05, 3.63) is 41.7 Å². The molecule has 1 aromatic heterocycles. The van der Waals surface area contributed by atoms with Crippen LogP contribution in [0.3, 0.4) is 0 Å². The van der Waals surface area contributed by atoms with Crippen LogP contribution >= 0.6 is 11.8 Å². The lowest BCUT2D eigenvalue weighted by molar-refractivity contribution is -0.129. The maximum absolute atomic E-state index is 12.4. The van der Waals surface area contributed by atoms with Gasteiger partial charge in [0.2, 0.25) is 5.91 Å². The van der Waals surface area contributed by atoms with Crippen LogP contribution in [0.25, 0.3) is 0 Å². The van der Waals surface area contributed by atoms with Gasteiger partial charge in [0.25, 0.3) is 0 Å². The first-order chi connectivity index (χ1) is 11.1. The predicted molar refractivity (Wildman–Crippen MR) is 90.7 cm³/mol. The second-order valence-corrected chi connectivity index (χ2v) is 6.99. The Bertz CT molecular complexity index is 669. The monoisotopic (exact) mass is 331 g/mol. The summed E-state index contributed by atoms with van der Waals surface area (Å²) in [5.41, 5.74) is 2.12. The van der Waals surface area contributed by atoms with Crippen molar-refractivity contribution >= 4 is 17.7 Å². The first kappa shape index (κ1) is 15.9. The van der Waals surface area contributed by atoms with Gasteiger partial charge in [-0.1, -0.05) is 0 Å². The van der Waals surface area contributed by atoms with Crippen LogP contribution in [0.5, 0.6) is 5.75 Å². The number of likely N-dealkylation sites (tertiary alicyclic amines) is 1. The second-order valence-electron chi connectivity index (χ2n) is 5.94. The van der Waals surface area contributed by atoms with Gasteiger partial charge in [-0.2, -0.15) is 5.10 Å². The van der Waals surface area contributed by atoms with Crippen LogP contribution in [-0.4, -0.2) is 45.0 Å². The average Bonchev–Trinajstić information content (AvgIpc) is 3.01. The second kappa shape index (κ2) is 7.08. The minimum Gasteiger partial charge on any atom is -0.508 e. The highest BCUT2D eigenvalue weighted by Gasteiger charge is 2.26. The normalized spacial score (nSPS) is 18.1. The quantitative estimate of drug-likeness (QED) is 0.845. The number of thioether (sulfide) groups is 1. The molecular weight excluding hydrogens is 310 g/mol. The molecule has 0 aliphatic carbocycles. The largest absolute Gasteiger partial charge is 0.508 e. The van der Waals surface area contributed by atoms with Gasteiger partial charge in [-0.3, -0.25) is 9.89 Å². The highest BCUT2D eigenvalue weighted by atomic mass is 32.2. The summed E-state index contributed by atoms with van der Waals surface area (Å²) in [5.74, 6) is 1.17. The zero-order chi connectivity index (χ0) is 16.2. The van der Waals surface area contributed by atoms with Crippen molar-refractivity contribution in [2.75, 3.05) is 18.8 Å². The van der Waals surface area contributed by atoms with E-state index in [1.54, 1.807) is 12.1 Å². The number of H-pyrrole nitrogens is 1. The first-order valence-electron chi connectivity index (χ1n) is 7.83. The van der Waals surface area contributed by atoms with Crippen LogP contribution in [0.15, 0.2) is 35.2 Å². The van der Waals surface area contributed by atoms with Crippen molar-refractivity contribution in [2.24, 2.45) is 0 Å². The lowest BCUT2D eigenvalue weighted by Gasteiger charge is -2.32. The molecule has 0 unspecified atom stereocenters. The first-order valence-corrected chi connectivity index (χ1v) is 8.82. The Labute approximate surface area is 140 Å². The van der Waals surface area contributed by atoms with Crippen LogP contribution in [0, 0.1) is 6.92 Å². The Morgan fingerprint density at radius 1 is 1.43 bits per heavy atom. The molecular formula is C17H21N3O2S. The molecule has 6 heteroatoms. The van der Waals surface area contributed by atoms with E-state index >= 15 is 0 Å². The van der Waals surface area contributed by atoms with Crippen LogP contribution < -0.4 is 0 Å². The maximum atomic E-state index is 12.4. The number of rotatable bonds is 4. The highest BCUT2D eigenvalue weighted by molar-refractivity contribution is 8.00. The average molecular weight is 331 g/mol. The Balaban J connectivity index is 1.55. The number of nitrogens with zero attached hydrogens (tertiary/aromatic N) is 2. The Kier molecular flexibility index (Phi) is 4.91. The summed E-state index contributed by atoms with van der Waals surface area (Å²) in [5, 5.41) is 16.6. The molecule has 1 atom stereocenters. The molecule has 1 saturated heterocycles. The molecule has 0 radical (unpaired) electrons. The molecule has 2 heterocycles. The Morgan fingerprint density at radius 3 is 2.91 bits per heavy atom. The number of phenolic OH excluding ortho intramolecular Hbond substituents is 1. The van der Waals surface area contributed by atoms with Gasteiger partial charge in [0.05, 0.1) is 11.4 Å². The van der Waals surface area contributed by atoms with E-state index < -0.39 is 0 Å². The fourth-order valence-corrected chi connectivity index (χ4v) is 3.67. The lowest BCUT2D eigenvalue weighted by Crippen LogP contribution is -2.40. The van der Waals surface area contributed by atoms with E-state index in [2.05, 4.69) is 16.3 Å². The van der Waals surface area contributed by atoms with Gasteiger partial charge in [-0.15, -0.1) is 11.8 Å². The van der Waals surface area contributed by atoms with Crippen LogP contribution in [-0.2, 0) is 4.79 Å². The minimum absolute atomic E-state index is 0.167. The van der Waals surface area contributed by atoms with Crippen LogP contribution in [0.4, 0.5) is 0 Å². The molecule has 2 aromatic rings. The molecule has 1 aliphatic rings. The maximum Gasteiger partial charge on any atom is 0.232 e. The summed E-state index contributed by atoms with van der Waals surface area (Å²) < 4.78 is 0. The number of amides is 1. The van der Waals surface area contributed by atoms with Gasteiger partial charge in [0.1, 0.15) is 5.75 Å². The Hall–Kier alpha value is -1.95. The predicted octanol–water partition coefficient (Wildman–Crippen LogP) is 2.92. The molecule has 0 bridgehead atoms. The summed E-state index contributed by atoms with van der Waals surface area (Å²) >= 11 is 1.51. The smallest absolute Gasteiger partial charge is 0.232 e. The number of hydrogen-bond acceptors (Lipinski definition) is 4. The number of carbonyl (C=O) groups excluding carboxylic acids is 1. The van der Waals surface area contributed by atoms with E-state index in [4.69, 9.17) is 0 Å². The molecule has 3 rings (SSSR count). The lowest BCUT2D eigenvalue weighted by atomic mass is 9.94. The topological polar surface area (TPSA) is 69.2 Å². The van der Waals surface area contributed by atoms with E-state index in [-0.39, 0.29) is 11.7 Å². The van der Waals surface area contributed by atoms with Gasteiger partial charge in [0, 0.05) is 29.6 Å². The summed E-state index contributed by atoms with van der Waals surface area (Å²) in [4.78, 5) is 15.4. The number of aryl methyl sites for hydroxylation is 1. The zero-order valence-corrected chi connectivity index (χ0v) is 14.0. The van der Waals surface area contributed by atoms with Crippen molar-refractivity contribution in [1.82, 2.24) is 15.1 Å². The molecule has 122 valence electrons. The third-order valence-electron chi connectivity index (χ3n) is 4.12. The molecule has 1 aromatic carbocycles. The third-order valence-corrected chi connectivity index (χ3v) is 5.11. The van der Waals surface area contributed by atoms with E-state index in [1.165, 1.54) is 11.8 Å². The number of benzene rings is 1. The number of carbonyl (C=O) groups is 1. The van der Waals surface area contributed by atoms with Gasteiger partial charge in [-0.25, -0.2) is 0 Å². The van der Waals surface area contributed by atoms with E-state index in [0.717, 1.165) is 42.2 Å². The minimum atomic E-state index is 0.167. The molecule has 2 N–H and O–H groups in total. The number of aromatic amines is 1. The number of nitrogens with one attached hydrogen (secondary N) is 1. The van der Waals surface area contributed by atoms with Crippen LogP contribution in [0.1, 0.15) is 30.1 Å². The van der Waals surface area contributed by atoms with E-state index in [9.17, 15) is 9.90 Å². The summed E-state index contributed by atoms with van der Waals surface area (Å²) in [6.07, 6.45) is 2.10. The van der Waals surface area contributed by atoms with E-state index in [1.807, 2.05) is 24.0 Å². The van der Waals surface area contributed by atoms with Crippen molar-refractivity contribution in [2.45, 2.75) is 30.6 Å². The number of hydrogen-bond donors (Lipinski definition) is 2. The SMILES string of the molecule is Cc1cc([C@@H]2CCCN(C(=O)CSc3ccc(O)cc3)C2)n[nH]1. The fourth-order valence-electron chi connectivity index (χ4n) is 2.87. The summed E-state index contributed by atoms with van der Waals surface area (Å²) in [7, 11) is 0. The number of phenols is 1. The van der Waals surface area contributed by atoms with Gasteiger partial charge >= 0.3 is 0 Å².